The van der Waals surface area contributed by atoms with Crippen molar-refractivity contribution in [1.29, 1.82) is 0 Å². The second-order valence-corrected chi connectivity index (χ2v) is 4.98. The Labute approximate surface area is 118 Å². The highest BCUT2D eigenvalue weighted by atomic mass is 79.9. The van der Waals surface area contributed by atoms with E-state index in [-0.39, 0.29) is 10.4 Å². The molecule has 0 bridgehead atoms. The van der Waals surface area contributed by atoms with Crippen LogP contribution in [0.2, 0.25) is 0 Å². The Balaban J connectivity index is 2.28. The van der Waals surface area contributed by atoms with Crippen LogP contribution in [0.5, 0.6) is 0 Å². The molecule has 0 heterocycles. The number of nitrogens with one attached hydrogen (secondary N) is 1. The lowest BCUT2D eigenvalue weighted by molar-refractivity contribution is 0.102. The van der Waals surface area contributed by atoms with Gasteiger partial charge < -0.3 is 11.1 Å². The monoisotopic (exact) mass is 322 g/mol. The van der Waals surface area contributed by atoms with Crippen LogP contribution in [0.3, 0.4) is 0 Å². The normalized spacial score (nSPS) is 10.3. The minimum absolute atomic E-state index is 0.248. The zero-order chi connectivity index (χ0) is 14.0. The van der Waals surface area contributed by atoms with Gasteiger partial charge in [-0.15, -0.1) is 0 Å². The maximum atomic E-state index is 13.1. The summed E-state index contributed by atoms with van der Waals surface area (Å²) in [5.74, 6) is -0.742. The first kappa shape index (κ1) is 13.5. The number of hydrogen-bond donors (Lipinski definition) is 2. The van der Waals surface area contributed by atoms with Crippen molar-refractivity contribution >= 4 is 33.2 Å². The minimum atomic E-state index is -0.410. The zero-order valence-corrected chi connectivity index (χ0v) is 11.8. The van der Waals surface area contributed by atoms with Crippen molar-refractivity contribution in [3.63, 3.8) is 0 Å². The van der Waals surface area contributed by atoms with E-state index in [2.05, 4.69) is 21.2 Å². The van der Waals surface area contributed by atoms with E-state index >= 15 is 0 Å². The van der Waals surface area contributed by atoms with Crippen LogP contribution in [0.15, 0.2) is 40.9 Å². The van der Waals surface area contributed by atoms with E-state index in [1.54, 1.807) is 6.07 Å². The zero-order valence-electron chi connectivity index (χ0n) is 10.2. The second-order valence-electron chi connectivity index (χ2n) is 4.12. The lowest BCUT2D eigenvalue weighted by Crippen LogP contribution is -2.14. The Bertz CT molecular complexity index is 623. The van der Waals surface area contributed by atoms with Gasteiger partial charge in [0.25, 0.3) is 5.91 Å². The molecule has 2 rings (SSSR count). The van der Waals surface area contributed by atoms with Crippen LogP contribution in [-0.2, 0) is 0 Å². The molecule has 98 valence electrons. The van der Waals surface area contributed by atoms with Crippen molar-refractivity contribution in [3.05, 3.63) is 57.8 Å². The highest BCUT2D eigenvalue weighted by molar-refractivity contribution is 9.10. The lowest BCUT2D eigenvalue weighted by Gasteiger charge is -2.11. The third-order valence-electron chi connectivity index (χ3n) is 2.73. The van der Waals surface area contributed by atoms with Gasteiger partial charge in [-0.25, -0.2) is 4.39 Å². The summed E-state index contributed by atoms with van der Waals surface area (Å²) in [5.41, 5.74) is 8.12. The van der Waals surface area contributed by atoms with Crippen LogP contribution in [0.25, 0.3) is 0 Å². The van der Waals surface area contributed by atoms with E-state index in [0.29, 0.717) is 16.9 Å². The van der Waals surface area contributed by atoms with Crippen LogP contribution in [0, 0.1) is 12.7 Å². The molecule has 0 aliphatic rings. The molecule has 0 aromatic heterocycles. The van der Waals surface area contributed by atoms with Gasteiger partial charge in [-0.2, -0.15) is 0 Å². The molecule has 3 N–H and O–H groups in total. The van der Waals surface area contributed by atoms with Crippen molar-refractivity contribution < 1.29 is 9.18 Å². The third kappa shape index (κ3) is 2.93. The standard InChI is InChI=1S/C14H12BrFN2O/c1-8-3-2-4-12(17)13(8)18-14(19)9-5-6-11(16)10(15)7-9/h2-7H,17H2,1H3,(H,18,19). The summed E-state index contributed by atoms with van der Waals surface area (Å²) in [6, 6.07) is 9.47. The Morgan fingerprint density at radius 2 is 2.05 bits per heavy atom. The number of amides is 1. The van der Waals surface area contributed by atoms with Gasteiger partial charge in [-0.05, 0) is 52.7 Å². The van der Waals surface area contributed by atoms with Crippen LogP contribution < -0.4 is 11.1 Å². The summed E-state index contributed by atoms with van der Waals surface area (Å²) in [6.07, 6.45) is 0. The van der Waals surface area contributed by atoms with Crippen molar-refractivity contribution in [1.82, 2.24) is 0 Å². The fraction of sp³-hybridized carbons (Fsp3) is 0.0714. The smallest absolute Gasteiger partial charge is 0.255 e. The van der Waals surface area contributed by atoms with Gasteiger partial charge in [-0.3, -0.25) is 4.79 Å². The molecular weight excluding hydrogens is 311 g/mol. The first-order valence-electron chi connectivity index (χ1n) is 5.60. The van der Waals surface area contributed by atoms with E-state index in [1.807, 2.05) is 19.1 Å². The van der Waals surface area contributed by atoms with Crippen LogP contribution in [0.1, 0.15) is 15.9 Å². The Morgan fingerprint density at radius 1 is 1.32 bits per heavy atom. The molecule has 2 aromatic carbocycles. The number of nitrogens with two attached hydrogens (primary N) is 1. The third-order valence-corrected chi connectivity index (χ3v) is 3.33. The Hall–Kier alpha value is -1.88. The van der Waals surface area contributed by atoms with E-state index in [4.69, 9.17) is 5.73 Å². The first-order valence-corrected chi connectivity index (χ1v) is 6.40. The fourth-order valence-corrected chi connectivity index (χ4v) is 2.06. The molecule has 0 saturated carbocycles. The maximum Gasteiger partial charge on any atom is 0.255 e. The van der Waals surface area contributed by atoms with Gasteiger partial charge >= 0.3 is 0 Å². The summed E-state index contributed by atoms with van der Waals surface area (Å²) in [7, 11) is 0. The molecule has 3 nitrogen and oxygen atoms in total. The van der Waals surface area contributed by atoms with E-state index < -0.39 is 5.82 Å². The van der Waals surface area contributed by atoms with Crippen LogP contribution >= 0.6 is 15.9 Å². The molecule has 0 aliphatic carbocycles. The quantitative estimate of drug-likeness (QED) is 0.828. The number of benzene rings is 2. The molecule has 5 heteroatoms. The summed E-state index contributed by atoms with van der Waals surface area (Å²) in [5, 5.41) is 2.73. The molecule has 0 spiro atoms. The molecule has 0 aliphatic heterocycles. The maximum absolute atomic E-state index is 13.1. The van der Waals surface area contributed by atoms with E-state index in [0.717, 1.165) is 5.56 Å². The predicted octanol–water partition coefficient (Wildman–Crippen LogP) is 3.73. The molecule has 0 unspecified atom stereocenters. The number of aryl methyl sites for hydroxylation is 1. The molecule has 2 aromatic rings. The number of rotatable bonds is 2. The summed E-state index contributed by atoms with van der Waals surface area (Å²) in [6.45, 7) is 1.85. The molecule has 1 amide bonds. The van der Waals surface area contributed by atoms with E-state index in [1.165, 1.54) is 18.2 Å². The number of carbonyl (C=O) groups is 1. The topological polar surface area (TPSA) is 55.1 Å². The number of nitrogen functional groups attached to an aromatic ring is 1. The van der Waals surface area contributed by atoms with Gasteiger partial charge in [0.1, 0.15) is 5.82 Å². The highest BCUT2D eigenvalue weighted by Crippen LogP contribution is 2.24. The number of halogens is 2. The molecule has 0 atom stereocenters. The summed E-state index contributed by atoms with van der Waals surface area (Å²) >= 11 is 3.05. The lowest BCUT2D eigenvalue weighted by atomic mass is 10.1. The van der Waals surface area contributed by atoms with Crippen LogP contribution in [-0.4, -0.2) is 5.91 Å². The molecule has 0 saturated heterocycles. The number of para-hydroxylation sites is 1. The SMILES string of the molecule is Cc1cccc(N)c1NC(=O)c1ccc(F)c(Br)c1. The van der Waals surface area contributed by atoms with Crippen molar-refractivity contribution in [3.8, 4) is 0 Å². The molecule has 0 radical (unpaired) electrons. The highest BCUT2D eigenvalue weighted by Gasteiger charge is 2.11. The van der Waals surface area contributed by atoms with Crippen molar-refractivity contribution in [2.45, 2.75) is 6.92 Å². The summed E-state index contributed by atoms with van der Waals surface area (Å²) in [4.78, 5) is 12.1. The fourth-order valence-electron chi connectivity index (χ4n) is 1.68. The van der Waals surface area contributed by atoms with Crippen molar-refractivity contribution in [2.75, 3.05) is 11.1 Å². The average Bonchev–Trinajstić information content (AvgIpc) is 2.37. The average molecular weight is 323 g/mol. The number of hydrogen-bond acceptors (Lipinski definition) is 2. The van der Waals surface area contributed by atoms with Gasteiger partial charge in [0.05, 0.1) is 15.8 Å². The Morgan fingerprint density at radius 3 is 2.68 bits per heavy atom. The molecule has 19 heavy (non-hydrogen) atoms. The molecular formula is C14H12BrFN2O. The van der Waals surface area contributed by atoms with Gasteiger partial charge in [-0.1, -0.05) is 12.1 Å². The van der Waals surface area contributed by atoms with E-state index in [9.17, 15) is 9.18 Å². The summed E-state index contributed by atoms with van der Waals surface area (Å²) < 4.78 is 13.4. The van der Waals surface area contributed by atoms with Gasteiger partial charge in [0.2, 0.25) is 0 Å². The Kier molecular flexibility index (Phi) is 3.85. The van der Waals surface area contributed by atoms with Gasteiger partial charge in [0.15, 0.2) is 0 Å². The first-order chi connectivity index (χ1) is 8.99. The largest absolute Gasteiger partial charge is 0.397 e. The predicted molar refractivity (Wildman–Crippen MR) is 77.6 cm³/mol. The number of carbonyl (C=O) groups excluding carboxylic acids is 1. The number of anilines is 2. The minimum Gasteiger partial charge on any atom is -0.397 e. The molecule has 0 fully saturated rings. The second kappa shape index (κ2) is 5.40. The van der Waals surface area contributed by atoms with Crippen LogP contribution in [0.4, 0.5) is 15.8 Å². The van der Waals surface area contributed by atoms with Crippen molar-refractivity contribution in [2.24, 2.45) is 0 Å². The van der Waals surface area contributed by atoms with Gasteiger partial charge in [0, 0.05) is 5.56 Å².